The molecule has 0 unspecified atom stereocenters. The summed E-state index contributed by atoms with van der Waals surface area (Å²) in [6.45, 7) is 14.6. The Morgan fingerprint density at radius 2 is 0.952 bits per heavy atom. The number of carbonyl (C=O) groups is 2. The smallest absolute Gasteiger partial charge is 0.309 e. The van der Waals surface area contributed by atoms with E-state index < -0.39 is 33.8 Å². The molecule has 0 bridgehead atoms. The fourth-order valence-electron chi connectivity index (χ4n) is 3.37. The van der Waals surface area contributed by atoms with Crippen LogP contribution in [-0.2, 0) is 9.59 Å². The maximum atomic E-state index is 11.3. The molecule has 0 saturated carbocycles. The molecule has 0 atom stereocenters. The van der Waals surface area contributed by atoms with Gasteiger partial charge in [0.1, 0.15) is 0 Å². The monoisotopic (exact) mass is 301 g/mol. The van der Waals surface area contributed by atoms with Crippen LogP contribution in [0.1, 0.15) is 68.2 Å². The predicted molar refractivity (Wildman–Crippen MR) is 83.4 cm³/mol. The summed E-state index contributed by atoms with van der Waals surface area (Å²) in [5, 5.41) is 21.9. The molecule has 0 radical (unpaired) electrons. The van der Waals surface area contributed by atoms with E-state index in [0.717, 1.165) is 0 Å². The summed E-state index contributed by atoms with van der Waals surface area (Å²) in [5.41, 5.74) is -2.51. The third kappa shape index (κ3) is 6.46. The molecular formula is C16H31NO4. The van der Waals surface area contributed by atoms with E-state index in [4.69, 9.17) is 0 Å². The van der Waals surface area contributed by atoms with Crippen molar-refractivity contribution in [1.82, 2.24) is 5.32 Å². The van der Waals surface area contributed by atoms with Crippen LogP contribution < -0.4 is 5.32 Å². The zero-order valence-electron chi connectivity index (χ0n) is 14.6. The fourth-order valence-corrected chi connectivity index (χ4v) is 3.37. The van der Waals surface area contributed by atoms with E-state index in [9.17, 15) is 19.8 Å². The molecule has 21 heavy (non-hydrogen) atoms. The minimum absolute atomic E-state index is 0.417. The number of hydrogen-bond donors (Lipinski definition) is 3. The number of carboxylic acid groups (broad SMARTS) is 2. The summed E-state index contributed by atoms with van der Waals surface area (Å²) < 4.78 is 0. The SMILES string of the molecule is CC(C)(CC(C)(C)C(=O)O)NC(C)(C)CC(C)(C)C(=O)O. The second-order valence-electron chi connectivity index (χ2n) is 8.62. The van der Waals surface area contributed by atoms with Crippen LogP contribution in [0, 0.1) is 10.8 Å². The zero-order chi connectivity index (χ0) is 17.3. The van der Waals surface area contributed by atoms with Crippen molar-refractivity contribution >= 4 is 11.9 Å². The van der Waals surface area contributed by atoms with E-state index >= 15 is 0 Å². The van der Waals surface area contributed by atoms with Gasteiger partial charge in [-0.25, -0.2) is 0 Å². The minimum Gasteiger partial charge on any atom is -0.481 e. The molecule has 124 valence electrons. The molecule has 5 heteroatoms. The van der Waals surface area contributed by atoms with Gasteiger partial charge in [0, 0.05) is 11.1 Å². The predicted octanol–water partition coefficient (Wildman–Crippen LogP) is 3.14. The molecule has 0 aromatic heterocycles. The van der Waals surface area contributed by atoms with Gasteiger partial charge in [0.15, 0.2) is 0 Å². The van der Waals surface area contributed by atoms with Gasteiger partial charge in [0.25, 0.3) is 0 Å². The summed E-state index contributed by atoms with van der Waals surface area (Å²) >= 11 is 0. The van der Waals surface area contributed by atoms with Crippen LogP contribution in [0.25, 0.3) is 0 Å². The van der Waals surface area contributed by atoms with Crippen molar-refractivity contribution in [3.8, 4) is 0 Å². The molecule has 0 rings (SSSR count). The lowest BCUT2D eigenvalue weighted by molar-refractivity contribution is -0.148. The summed E-state index contributed by atoms with van der Waals surface area (Å²) in [4.78, 5) is 22.6. The lowest BCUT2D eigenvalue weighted by Crippen LogP contribution is -2.56. The summed E-state index contributed by atoms with van der Waals surface area (Å²) in [6.07, 6.45) is 0.901. The molecule has 0 aliphatic rings. The molecule has 0 aromatic rings. The molecule has 0 aliphatic carbocycles. The normalized spacial score (nSPS) is 14.1. The molecular weight excluding hydrogens is 270 g/mol. The largest absolute Gasteiger partial charge is 0.481 e. The maximum absolute atomic E-state index is 11.3. The molecule has 5 nitrogen and oxygen atoms in total. The van der Waals surface area contributed by atoms with Gasteiger partial charge in [-0.2, -0.15) is 0 Å². The fraction of sp³-hybridized carbons (Fsp3) is 0.875. The van der Waals surface area contributed by atoms with Gasteiger partial charge in [0.2, 0.25) is 0 Å². The van der Waals surface area contributed by atoms with Crippen molar-refractivity contribution in [1.29, 1.82) is 0 Å². The second-order valence-corrected chi connectivity index (χ2v) is 8.62. The van der Waals surface area contributed by atoms with Crippen molar-refractivity contribution < 1.29 is 19.8 Å². The first-order valence-corrected chi connectivity index (χ1v) is 7.27. The molecule has 0 saturated heterocycles. The average molecular weight is 301 g/mol. The highest BCUT2D eigenvalue weighted by molar-refractivity contribution is 5.74. The third-order valence-electron chi connectivity index (χ3n) is 3.60. The van der Waals surface area contributed by atoms with Crippen molar-refractivity contribution in [2.24, 2.45) is 10.8 Å². The summed E-state index contributed by atoms with van der Waals surface area (Å²) in [5.74, 6) is -1.66. The van der Waals surface area contributed by atoms with Gasteiger partial charge >= 0.3 is 11.9 Å². The Labute approximate surface area is 128 Å². The lowest BCUT2D eigenvalue weighted by atomic mass is 9.76. The Kier molecular flexibility index (Phi) is 5.64. The van der Waals surface area contributed by atoms with Crippen LogP contribution in [-0.4, -0.2) is 33.2 Å². The molecule has 3 N–H and O–H groups in total. The van der Waals surface area contributed by atoms with Crippen LogP contribution in [0.15, 0.2) is 0 Å². The number of aliphatic carboxylic acids is 2. The minimum atomic E-state index is -0.838. The zero-order valence-corrected chi connectivity index (χ0v) is 14.6. The topological polar surface area (TPSA) is 86.6 Å². The average Bonchev–Trinajstić information content (AvgIpc) is 2.10. The van der Waals surface area contributed by atoms with E-state index in [1.165, 1.54) is 0 Å². The second kappa shape index (κ2) is 5.95. The van der Waals surface area contributed by atoms with Crippen molar-refractivity contribution in [2.45, 2.75) is 79.3 Å². The molecule has 0 fully saturated rings. The van der Waals surface area contributed by atoms with Gasteiger partial charge in [-0.1, -0.05) is 0 Å². The number of nitrogens with one attached hydrogen (secondary N) is 1. The highest BCUT2D eigenvalue weighted by atomic mass is 16.4. The van der Waals surface area contributed by atoms with Gasteiger partial charge in [0.05, 0.1) is 10.8 Å². The van der Waals surface area contributed by atoms with E-state index in [1.54, 1.807) is 27.7 Å². The summed E-state index contributed by atoms with van der Waals surface area (Å²) in [6, 6.07) is 0. The highest BCUT2D eigenvalue weighted by Crippen LogP contribution is 2.33. The van der Waals surface area contributed by atoms with Crippen LogP contribution in [0.4, 0.5) is 0 Å². The number of rotatable bonds is 8. The lowest BCUT2D eigenvalue weighted by Gasteiger charge is -2.42. The van der Waals surface area contributed by atoms with Crippen molar-refractivity contribution in [2.75, 3.05) is 0 Å². The van der Waals surface area contributed by atoms with Gasteiger partial charge in [-0.05, 0) is 68.2 Å². The standard InChI is InChI=1S/C16H31NO4/c1-13(2,11(18)19)9-15(5,6)17-16(7,8)10-14(3,4)12(20)21/h17H,9-10H2,1-8H3,(H,18,19)(H,20,21). The first-order valence-electron chi connectivity index (χ1n) is 7.27. The third-order valence-corrected chi connectivity index (χ3v) is 3.60. The highest BCUT2D eigenvalue weighted by Gasteiger charge is 2.40. The first-order chi connectivity index (χ1) is 9.01. The molecule has 0 spiro atoms. The van der Waals surface area contributed by atoms with Crippen LogP contribution >= 0.6 is 0 Å². The maximum Gasteiger partial charge on any atom is 0.309 e. The van der Waals surface area contributed by atoms with Gasteiger partial charge in [-0.15, -0.1) is 0 Å². The Bertz CT molecular complexity index is 371. The number of hydrogen-bond acceptors (Lipinski definition) is 3. The Morgan fingerprint density at radius 3 is 1.14 bits per heavy atom. The van der Waals surface area contributed by atoms with E-state index in [2.05, 4.69) is 5.32 Å². The van der Waals surface area contributed by atoms with Crippen LogP contribution in [0.2, 0.25) is 0 Å². The Hall–Kier alpha value is -1.10. The molecule has 0 aliphatic heterocycles. The molecule has 0 heterocycles. The number of carboxylic acids is 2. The quantitative estimate of drug-likeness (QED) is 0.641. The van der Waals surface area contributed by atoms with E-state index in [1.807, 2.05) is 27.7 Å². The van der Waals surface area contributed by atoms with Gasteiger partial charge < -0.3 is 15.5 Å². The Morgan fingerprint density at radius 1 is 0.714 bits per heavy atom. The Balaban J connectivity index is 5.00. The van der Waals surface area contributed by atoms with Crippen LogP contribution in [0.5, 0.6) is 0 Å². The molecule has 0 aromatic carbocycles. The van der Waals surface area contributed by atoms with Gasteiger partial charge in [-0.3, -0.25) is 9.59 Å². The van der Waals surface area contributed by atoms with Crippen LogP contribution in [0.3, 0.4) is 0 Å². The first kappa shape index (κ1) is 19.9. The molecule has 0 amide bonds. The van der Waals surface area contributed by atoms with E-state index in [0.29, 0.717) is 12.8 Å². The van der Waals surface area contributed by atoms with E-state index in [-0.39, 0.29) is 0 Å². The van der Waals surface area contributed by atoms with Crippen molar-refractivity contribution in [3.05, 3.63) is 0 Å². The summed E-state index contributed by atoms with van der Waals surface area (Å²) in [7, 11) is 0. The van der Waals surface area contributed by atoms with Crippen molar-refractivity contribution in [3.63, 3.8) is 0 Å².